The van der Waals surface area contributed by atoms with Crippen LogP contribution in [0.3, 0.4) is 0 Å². The Hall–Kier alpha value is -1.95. The van der Waals surface area contributed by atoms with Gasteiger partial charge in [-0.15, -0.1) is 0 Å². The van der Waals surface area contributed by atoms with Crippen molar-refractivity contribution in [3.8, 4) is 11.5 Å². The van der Waals surface area contributed by atoms with Gasteiger partial charge in [0, 0.05) is 44.5 Å². The van der Waals surface area contributed by atoms with E-state index in [4.69, 9.17) is 9.47 Å². The Morgan fingerprint density at radius 2 is 1.81 bits per heavy atom. The van der Waals surface area contributed by atoms with Crippen molar-refractivity contribution in [1.82, 2.24) is 9.80 Å². The second kappa shape index (κ2) is 7.97. The van der Waals surface area contributed by atoms with Gasteiger partial charge in [0.1, 0.15) is 0 Å². The van der Waals surface area contributed by atoms with Crippen LogP contribution in [0.15, 0.2) is 18.2 Å². The molecule has 0 bridgehead atoms. The summed E-state index contributed by atoms with van der Waals surface area (Å²) < 4.78 is 10.7. The molecule has 1 N–H and O–H groups in total. The van der Waals surface area contributed by atoms with Crippen LogP contribution in [0, 0.1) is 17.8 Å². The number of amides is 2. The molecule has 2 saturated heterocycles. The number of fused-ring (bicyclic) bond motifs is 1. The van der Waals surface area contributed by atoms with Gasteiger partial charge in [0.05, 0.1) is 0 Å². The van der Waals surface area contributed by atoms with Gasteiger partial charge in [0.25, 0.3) is 0 Å². The second-order valence-corrected chi connectivity index (χ2v) is 8.59. The molecule has 3 heterocycles. The van der Waals surface area contributed by atoms with Crippen molar-refractivity contribution in [2.24, 2.45) is 17.8 Å². The number of carbonyl (C=O) groups excluding carboxylic acids is 1. The van der Waals surface area contributed by atoms with Crippen LogP contribution in [0.1, 0.15) is 33.1 Å². The van der Waals surface area contributed by atoms with E-state index >= 15 is 0 Å². The van der Waals surface area contributed by atoms with Crippen LogP contribution in [0.25, 0.3) is 0 Å². The maximum atomic E-state index is 12.6. The lowest BCUT2D eigenvalue weighted by Gasteiger charge is -2.39. The summed E-state index contributed by atoms with van der Waals surface area (Å²) in [6.45, 7) is 10.3. The number of rotatable bonds is 3. The van der Waals surface area contributed by atoms with Gasteiger partial charge < -0.3 is 24.6 Å². The lowest BCUT2D eigenvalue weighted by atomic mass is 9.89. The molecule has 0 aromatic heterocycles. The van der Waals surface area contributed by atoms with E-state index in [0.29, 0.717) is 11.7 Å². The highest BCUT2D eigenvalue weighted by Gasteiger charge is 2.28. The van der Waals surface area contributed by atoms with Gasteiger partial charge >= 0.3 is 6.03 Å². The number of piperidine rings is 2. The van der Waals surface area contributed by atoms with Crippen molar-refractivity contribution in [2.75, 3.05) is 44.8 Å². The smallest absolute Gasteiger partial charge is 0.321 e. The average molecular weight is 373 g/mol. The van der Waals surface area contributed by atoms with Gasteiger partial charge in [0.15, 0.2) is 11.5 Å². The Balaban J connectivity index is 1.24. The molecule has 148 valence electrons. The molecule has 6 nitrogen and oxygen atoms in total. The quantitative estimate of drug-likeness (QED) is 0.879. The van der Waals surface area contributed by atoms with Gasteiger partial charge in [-0.3, -0.25) is 0 Å². The maximum absolute atomic E-state index is 12.6. The molecule has 6 heteroatoms. The molecule has 0 unspecified atom stereocenters. The van der Waals surface area contributed by atoms with E-state index in [9.17, 15) is 4.79 Å². The third kappa shape index (κ3) is 4.49. The van der Waals surface area contributed by atoms with Crippen LogP contribution in [0.4, 0.5) is 10.5 Å². The number of urea groups is 1. The molecule has 4 rings (SSSR count). The summed E-state index contributed by atoms with van der Waals surface area (Å²) in [5.74, 6) is 3.74. The highest BCUT2D eigenvalue weighted by molar-refractivity contribution is 5.89. The third-order valence-corrected chi connectivity index (χ3v) is 5.99. The average Bonchev–Trinajstić information content (AvgIpc) is 3.09. The molecular weight excluding hydrogens is 342 g/mol. The summed E-state index contributed by atoms with van der Waals surface area (Å²) in [4.78, 5) is 17.2. The summed E-state index contributed by atoms with van der Waals surface area (Å²) in [6, 6.07) is 5.50. The largest absolute Gasteiger partial charge is 0.454 e. The molecule has 1 aromatic carbocycles. The fourth-order valence-corrected chi connectivity index (χ4v) is 4.80. The van der Waals surface area contributed by atoms with E-state index in [2.05, 4.69) is 24.1 Å². The van der Waals surface area contributed by atoms with E-state index in [1.807, 2.05) is 23.1 Å². The fraction of sp³-hybridized carbons (Fsp3) is 0.667. The molecule has 3 aliphatic rings. The monoisotopic (exact) mass is 373 g/mol. The van der Waals surface area contributed by atoms with Crippen LogP contribution in [-0.4, -0.2) is 55.3 Å². The molecule has 2 amide bonds. The summed E-state index contributed by atoms with van der Waals surface area (Å²) >= 11 is 0. The van der Waals surface area contributed by atoms with Crippen molar-refractivity contribution in [3.05, 3.63) is 18.2 Å². The lowest BCUT2D eigenvalue weighted by Crippen LogP contribution is -2.46. The number of anilines is 1. The first kappa shape index (κ1) is 18.4. The van der Waals surface area contributed by atoms with E-state index in [1.54, 1.807) is 0 Å². The minimum absolute atomic E-state index is 0.0208. The molecule has 0 spiro atoms. The Morgan fingerprint density at radius 1 is 1.11 bits per heavy atom. The van der Waals surface area contributed by atoms with Crippen molar-refractivity contribution in [1.29, 1.82) is 0 Å². The van der Waals surface area contributed by atoms with Gasteiger partial charge in [0.2, 0.25) is 6.79 Å². The zero-order valence-electron chi connectivity index (χ0n) is 16.4. The molecule has 0 saturated carbocycles. The Kier molecular flexibility index (Phi) is 5.43. The van der Waals surface area contributed by atoms with Gasteiger partial charge in [-0.2, -0.15) is 0 Å². The molecule has 0 aliphatic carbocycles. The summed E-state index contributed by atoms with van der Waals surface area (Å²) in [5, 5.41) is 2.99. The van der Waals surface area contributed by atoms with Gasteiger partial charge in [-0.05, 0) is 49.1 Å². The third-order valence-electron chi connectivity index (χ3n) is 5.99. The van der Waals surface area contributed by atoms with E-state index in [-0.39, 0.29) is 12.8 Å². The minimum Gasteiger partial charge on any atom is -0.454 e. The standard InChI is InChI=1S/C21H31N3O3/c1-15-9-16(2)12-23(11-15)13-17-5-7-24(8-6-17)21(25)22-18-3-4-19-20(10-18)27-14-26-19/h3-4,10,15-17H,5-9,11-14H2,1-2H3,(H,22,25)/t15-,16-/m1/s1. The first-order chi connectivity index (χ1) is 13.1. The highest BCUT2D eigenvalue weighted by atomic mass is 16.7. The number of nitrogens with one attached hydrogen (secondary N) is 1. The Morgan fingerprint density at radius 3 is 2.56 bits per heavy atom. The molecule has 0 radical (unpaired) electrons. The number of carbonyl (C=O) groups is 1. The van der Waals surface area contributed by atoms with E-state index in [0.717, 1.165) is 49.2 Å². The fourth-order valence-electron chi connectivity index (χ4n) is 4.80. The number of benzene rings is 1. The van der Waals surface area contributed by atoms with Crippen molar-refractivity contribution < 1.29 is 14.3 Å². The second-order valence-electron chi connectivity index (χ2n) is 8.59. The van der Waals surface area contributed by atoms with Crippen LogP contribution in [0.2, 0.25) is 0 Å². The first-order valence-electron chi connectivity index (χ1n) is 10.2. The topological polar surface area (TPSA) is 54.0 Å². The van der Waals surface area contributed by atoms with Crippen molar-refractivity contribution in [2.45, 2.75) is 33.1 Å². The molecule has 3 aliphatic heterocycles. The zero-order valence-corrected chi connectivity index (χ0v) is 16.4. The van der Waals surface area contributed by atoms with Crippen LogP contribution in [0.5, 0.6) is 11.5 Å². The SMILES string of the molecule is C[C@@H]1C[C@@H](C)CN(CC2CCN(C(=O)Nc3ccc4c(c3)OCO4)CC2)C1. The highest BCUT2D eigenvalue weighted by Crippen LogP contribution is 2.34. The summed E-state index contributed by atoms with van der Waals surface area (Å²) in [5.41, 5.74) is 0.752. The number of likely N-dealkylation sites (tertiary alicyclic amines) is 2. The predicted molar refractivity (Wildman–Crippen MR) is 105 cm³/mol. The molecule has 27 heavy (non-hydrogen) atoms. The molecular formula is C21H31N3O3. The number of hydrogen-bond donors (Lipinski definition) is 1. The predicted octanol–water partition coefficient (Wildman–Crippen LogP) is 3.64. The molecule has 2 fully saturated rings. The molecule has 2 atom stereocenters. The maximum Gasteiger partial charge on any atom is 0.321 e. The van der Waals surface area contributed by atoms with Gasteiger partial charge in [-0.25, -0.2) is 4.79 Å². The summed E-state index contributed by atoms with van der Waals surface area (Å²) in [7, 11) is 0. The van der Waals surface area contributed by atoms with Crippen LogP contribution < -0.4 is 14.8 Å². The minimum atomic E-state index is -0.0208. The number of hydrogen-bond acceptors (Lipinski definition) is 4. The molecule has 1 aromatic rings. The first-order valence-corrected chi connectivity index (χ1v) is 10.2. The van der Waals surface area contributed by atoms with E-state index < -0.39 is 0 Å². The van der Waals surface area contributed by atoms with Crippen LogP contribution in [-0.2, 0) is 0 Å². The van der Waals surface area contributed by atoms with Crippen LogP contribution >= 0.6 is 0 Å². The Bertz CT molecular complexity index is 663. The van der Waals surface area contributed by atoms with Crippen molar-refractivity contribution in [3.63, 3.8) is 0 Å². The lowest BCUT2D eigenvalue weighted by molar-refractivity contribution is 0.101. The van der Waals surface area contributed by atoms with Gasteiger partial charge in [-0.1, -0.05) is 13.8 Å². The number of ether oxygens (including phenoxy) is 2. The van der Waals surface area contributed by atoms with Crippen molar-refractivity contribution >= 4 is 11.7 Å². The Labute approximate surface area is 161 Å². The summed E-state index contributed by atoms with van der Waals surface area (Å²) in [6.07, 6.45) is 3.54. The normalized spacial score (nSPS) is 26.2. The van der Waals surface area contributed by atoms with E-state index in [1.165, 1.54) is 26.1 Å². The zero-order chi connectivity index (χ0) is 18.8. The number of nitrogens with zero attached hydrogens (tertiary/aromatic N) is 2.